The second kappa shape index (κ2) is 9.56. The van der Waals surface area contributed by atoms with Gasteiger partial charge in [-0.2, -0.15) is 0 Å². The van der Waals surface area contributed by atoms with Crippen LogP contribution in [0.15, 0.2) is 78.9 Å². The Kier molecular flexibility index (Phi) is 6.41. The van der Waals surface area contributed by atoms with Crippen LogP contribution in [0.3, 0.4) is 0 Å². The smallest absolute Gasteiger partial charge is 0.255 e. The Morgan fingerprint density at radius 2 is 1.59 bits per heavy atom. The lowest BCUT2D eigenvalue weighted by Crippen LogP contribution is -2.13. The number of carbonyl (C=O) groups is 1. The molecule has 0 saturated carbocycles. The topological polar surface area (TPSA) is 47.6 Å². The molecule has 0 aliphatic carbocycles. The molecule has 4 aromatic rings. The third kappa shape index (κ3) is 4.92. The highest BCUT2D eigenvalue weighted by Gasteiger charge is 2.13. The molecule has 0 unspecified atom stereocenters. The number of hydrogen-bond acceptors (Lipinski definition) is 3. The van der Waals surface area contributed by atoms with E-state index in [4.69, 9.17) is 9.47 Å². The molecule has 0 aromatic heterocycles. The van der Waals surface area contributed by atoms with Crippen LogP contribution >= 0.6 is 0 Å². The number of anilines is 1. The van der Waals surface area contributed by atoms with Crippen molar-refractivity contribution in [3.05, 3.63) is 101 Å². The molecule has 32 heavy (non-hydrogen) atoms. The van der Waals surface area contributed by atoms with Gasteiger partial charge >= 0.3 is 0 Å². The standard InChI is InChI=1S/C28H27NO3/c1-4-31-27-13-12-22(17-23(27)18-32-24-15-19(2)14-20(3)16-24)28(30)29-26-11-7-9-21-8-5-6-10-25(21)26/h5-17H,4,18H2,1-3H3,(H,29,30). The Balaban J connectivity index is 1.58. The van der Waals surface area contributed by atoms with Gasteiger partial charge < -0.3 is 14.8 Å². The van der Waals surface area contributed by atoms with Gasteiger partial charge in [-0.05, 0) is 73.7 Å². The highest BCUT2D eigenvalue weighted by Crippen LogP contribution is 2.26. The zero-order chi connectivity index (χ0) is 22.5. The van der Waals surface area contributed by atoms with Crippen molar-refractivity contribution in [3.63, 3.8) is 0 Å². The van der Waals surface area contributed by atoms with E-state index in [-0.39, 0.29) is 5.91 Å². The number of rotatable bonds is 7. The molecule has 0 aliphatic rings. The average Bonchev–Trinajstić information content (AvgIpc) is 2.78. The molecule has 0 spiro atoms. The molecule has 1 amide bonds. The normalized spacial score (nSPS) is 10.7. The number of nitrogens with one attached hydrogen (secondary N) is 1. The van der Waals surface area contributed by atoms with Crippen molar-refractivity contribution >= 4 is 22.4 Å². The van der Waals surface area contributed by atoms with Gasteiger partial charge in [0.25, 0.3) is 5.91 Å². The zero-order valence-corrected chi connectivity index (χ0v) is 18.6. The summed E-state index contributed by atoms with van der Waals surface area (Å²) in [6.07, 6.45) is 0. The Bertz CT molecular complexity index is 1240. The van der Waals surface area contributed by atoms with E-state index < -0.39 is 0 Å². The Morgan fingerprint density at radius 1 is 0.844 bits per heavy atom. The second-order valence-corrected chi connectivity index (χ2v) is 7.85. The lowest BCUT2D eigenvalue weighted by molar-refractivity contribution is 0.102. The van der Waals surface area contributed by atoms with Crippen molar-refractivity contribution in [2.75, 3.05) is 11.9 Å². The molecule has 4 aromatic carbocycles. The van der Waals surface area contributed by atoms with Gasteiger partial charge in [0.15, 0.2) is 0 Å². The molecule has 0 heterocycles. The van der Waals surface area contributed by atoms with Crippen LogP contribution < -0.4 is 14.8 Å². The van der Waals surface area contributed by atoms with Gasteiger partial charge in [0.05, 0.1) is 6.61 Å². The largest absolute Gasteiger partial charge is 0.493 e. The summed E-state index contributed by atoms with van der Waals surface area (Å²) in [5, 5.41) is 5.14. The van der Waals surface area contributed by atoms with E-state index in [2.05, 4.69) is 11.4 Å². The van der Waals surface area contributed by atoms with E-state index in [1.807, 2.05) is 87.5 Å². The monoisotopic (exact) mass is 425 g/mol. The first-order valence-electron chi connectivity index (χ1n) is 10.8. The molecule has 0 fully saturated rings. The van der Waals surface area contributed by atoms with E-state index >= 15 is 0 Å². The van der Waals surface area contributed by atoms with Crippen LogP contribution in [0.5, 0.6) is 11.5 Å². The van der Waals surface area contributed by atoms with Crippen LogP contribution in [0.1, 0.15) is 34.0 Å². The van der Waals surface area contributed by atoms with Crippen LogP contribution in [0.25, 0.3) is 10.8 Å². The zero-order valence-electron chi connectivity index (χ0n) is 18.6. The molecule has 0 bridgehead atoms. The number of carbonyl (C=O) groups excluding carboxylic acids is 1. The summed E-state index contributed by atoms with van der Waals surface area (Å²) in [5.41, 5.74) is 4.47. The fraction of sp³-hybridized carbons (Fsp3) is 0.179. The molecule has 4 heteroatoms. The molecular weight excluding hydrogens is 398 g/mol. The molecule has 4 rings (SSSR count). The quantitative estimate of drug-likeness (QED) is 0.359. The Hall–Kier alpha value is -3.79. The molecule has 162 valence electrons. The number of amides is 1. The molecule has 0 saturated heterocycles. The van der Waals surface area contributed by atoms with Crippen molar-refractivity contribution < 1.29 is 14.3 Å². The maximum atomic E-state index is 13.0. The average molecular weight is 426 g/mol. The summed E-state index contributed by atoms with van der Waals surface area (Å²) in [4.78, 5) is 13.0. The highest BCUT2D eigenvalue weighted by molar-refractivity contribution is 6.09. The van der Waals surface area contributed by atoms with Gasteiger partial charge in [0, 0.05) is 22.2 Å². The highest BCUT2D eigenvalue weighted by atomic mass is 16.5. The van der Waals surface area contributed by atoms with Crippen molar-refractivity contribution in [3.8, 4) is 11.5 Å². The number of aryl methyl sites for hydroxylation is 2. The van der Waals surface area contributed by atoms with Gasteiger partial charge in [-0.1, -0.05) is 42.5 Å². The number of benzene rings is 4. The fourth-order valence-electron chi connectivity index (χ4n) is 3.84. The lowest BCUT2D eigenvalue weighted by Gasteiger charge is -2.14. The van der Waals surface area contributed by atoms with Crippen LogP contribution in [0.2, 0.25) is 0 Å². The van der Waals surface area contributed by atoms with Crippen LogP contribution in [-0.2, 0) is 6.61 Å². The minimum atomic E-state index is -0.169. The predicted octanol–water partition coefficient (Wildman–Crippen LogP) is 6.69. The minimum Gasteiger partial charge on any atom is -0.493 e. The van der Waals surface area contributed by atoms with E-state index in [9.17, 15) is 4.79 Å². The van der Waals surface area contributed by atoms with Crippen LogP contribution in [-0.4, -0.2) is 12.5 Å². The minimum absolute atomic E-state index is 0.169. The van der Waals surface area contributed by atoms with Gasteiger partial charge in [-0.25, -0.2) is 0 Å². The van der Waals surface area contributed by atoms with E-state index in [1.54, 1.807) is 6.07 Å². The number of fused-ring (bicyclic) bond motifs is 1. The summed E-state index contributed by atoms with van der Waals surface area (Å²) in [5.74, 6) is 1.35. The number of hydrogen-bond donors (Lipinski definition) is 1. The third-order valence-electron chi connectivity index (χ3n) is 5.25. The summed E-state index contributed by atoms with van der Waals surface area (Å²) in [6, 6.07) is 25.5. The summed E-state index contributed by atoms with van der Waals surface area (Å²) >= 11 is 0. The summed E-state index contributed by atoms with van der Waals surface area (Å²) < 4.78 is 11.8. The fourth-order valence-corrected chi connectivity index (χ4v) is 3.84. The number of ether oxygens (including phenoxy) is 2. The van der Waals surface area contributed by atoms with Crippen LogP contribution in [0.4, 0.5) is 5.69 Å². The van der Waals surface area contributed by atoms with Gasteiger partial charge in [0.2, 0.25) is 0 Å². The lowest BCUT2D eigenvalue weighted by atomic mass is 10.1. The molecule has 4 nitrogen and oxygen atoms in total. The van der Waals surface area contributed by atoms with Gasteiger partial charge in [0.1, 0.15) is 18.1 Å². The van der Waals surface area contributed by atoms with E-state index in [1.165, 1.54) is 0 Å². The van der Waals surface area contributed by atoms with Crippen molar-refractivity contribution in [2.45, 2.75) is 27.4 Å². The SMILES string of the molecule is CCOc1ccc(C(=O)Nc2cccc3ccccc23)cc1COc1cc(C)cc(C)c1. The summed E-state index contributed by atoms with van der Waals surface area (Å²) in [6.45, 7) is 6.88. The van der Waals surface area contributed by atoms with Crippen LogP contribution in [0, 0.1) is 13.8 Å². The first-order chi connectivity index (χ1) is 15.5. The second-order valence-electron chi connectivity index (χ2n) is 7.85. The molecule has 1 N–H and O–H groups in total. The Labute approximate surface area is 188 Å². The van der Waals surface area contributed by atoms with Crippen molar-refractivity contribution in [1.29, 1.82) is 0 Å². The van der Waals surface area contributed by atoms with Gasteiger partial charge in [-0.3, -0.25) is 4.79 Å². The van der Waals surface area contributed by atoms with E-state index in [0.29, 0.717) is 18.8 Å². The van der Waals surface area contributed by atoms with Crippen molar-refractivity contribution in [2.24, 2.45) is 0 Å². The molecule has 0 radical (unpaired) electrons. The van der Waals surface area contributed by atoms with Gasteiger partial charge in [-0.15, -0.1) is 0 Å². The molecule has 0 atom stereocenters. The first kappa shape index (κ1) is 21.4. The Morgan fingerprint density at radius 3 is 2.38 bits per heavy atom. The third-order valence-corrected chi connectivity index (χ3v) is 5.25. The van der Waals surface area contributed by atoms with E-state index in [0.717, 1.165) is 44.6 Å². The molecule has 0 aliphatic heterocycles. The summed E-state index contributed by atoms with van der Waals surface area (Å²) in [7, 11) is 0. The maximum absolute atomic E-state index is 13.0. The predicted molar refractivity (Wildman–Crippen MR) is 130 cm³/mol. The maximum Gasteiger partial charge on any atom is 0.255 e. The van der Waals surface area contributed by atoms with Crippen molar-refractivity contribution in [1.82, 2.24) is 0 Å². The first-order valence-corrected chi connectivity index (χ1v) is 10.8. The molecular formula is C28H27NO3.